The maximum Gasteiger partial charge on any atom is 0.416 e. The molecule has 0 saturated carbocycles. The predicted molar refractivity (Wildman–Crippen MR) is 87.4 cm³/mol. The lowest BCUT2D eigenvalue weighted by molar-refractivity contribution is -0.913. The fourth-order valence-electron chi connectivity index (χ4n) is 3.80. The number of likely N-dealkylation sites (tertiary alicyclic amines) is 1. The Morgan fingerprint density at radius 1 is 0.962 bits per heavy atom. The van der Waals surface area contributed by atoms with E-state index in [1.54, 1.807) is 6.07 Å². The van der Waals surface area contributed by atoms with E-state index in [2.05, 4.69) is 0 Å². The summed E-state index contributed by atoms with van der Waals surface area (Å²) in [4.78, 5) is 1.22. The van der Waals surface area contributed by atoms with Crippen molar-refractivity contribution in [2.75, 3.05) is 19.9 Å². The molecule has 1 saturated heterocycles. The first-order valence-corrected chi connectivity index (χ1v) is 8.58. The average molecular weight is 366 g/mol. The number of hydrogen-bond donors (Lipinski definition) is 2. The number of hydrogen-bond acceptors (Lipinski definition) is 3. The van der Waals surface area contributed by atoms with E-state index in [9.17, 15) is 18.3 Å². The van der Waals surface area contributed by atoms with E-state index in [-0.39, 0.29) is 18.6 Å². The number of ether oxygens (including phenoxy) is 2. The molecular formula is C19H19F3NO3+. The van der Waals surface area contributed by atoms with Gasteiger partial charge in [0.15, 0.2) is 11.5 Å². The summed E-state index contributed by atoms with van der Waals surface area (Å²) in [5.74, 6) is 1.10. The zero-order valence-electron chi connectivity index (χ0n) is 14.0. The summed E-state index contributed by atoms with van der Waals surface area (Å²) in [5.41, 5.74) is 0.710. The molecule has 1 fully saturated rings. The van der Waals surface area contributed by atoms with E-state index in [0.717, 1.165) is 43.6 Å². The van der Waals surface area contributed by atoms with Gasteiger partial charge in [0.2, 0.25) is 6.79 Å². The molecule has 2 aliphatic rings. The van der Waals surface area contributed by atoms with Crippen LogP contribution in [0.2, 0.25) is 0 Å². The van der Waals surface area contributed by atoms with E-state index in [4.69, 9.17) is 9.47 Å². The number of halogens is 3. The Morgan fingerprint density at radius 3 is 2.19 bits per heavy atom. The second-order valence-electron chi connectivity index (χ2n) is 6.68. The van der Waals surface area contributed by atoms with Gasteiger partial charge in [0.25, 0.3) is 0 Å². The topological polar surface area (TPSA) is 43.1 Å². The number of aromatic hydroxyl groups is 1. The third-order valence-electron chi connectivity index (χ3n) is 5.06. The van der Waals surface area contributed by atoms with Gasteiger partial charge in [0.1, 0.15) is 11.8 Å². The van der Waals surface area contributed by atoms with Crippen LogP contribution in [0.15, 0.2) is 36.4 Å². The van der Waals surface area contributed by atoms with E-state index < -0.39 is 11.7 Å². The van der Waals surface area contributed by atoms with Crippen molar-refractivity contribution in [2.45, 2.75) is 25.1 Å². The SMILES string of the molecule is Oc1cc2c(cc1[C@H](c1ccc(C(F)(F)F)cc1)[NH+]1CCCC1)OCO2. The van der Waals surface area contributed by atoms with E-state index in [0.29, 0.717) is 17.1 Å². The molecule has 4 rings (SSSR count). The van der Waals surface area contributed by atoms with Crippen LogP contribution in [0.25, 0.3) is 0 Å². The quantitative estimate of drug-likeness (QED) is 0.878. The molecular weight excluding hydrogens is 347 g/mol. The Labute approximate surface area is 148 Å². The molecule has 0 amide bonds. The van der Waals surface area contributed by atoms with Crippen molar-refractivity contribution in [1.82, 2.24) is 0 Å². The van der Waals surface area contributed by atoms with Crippen LogP contribution in [0.5, 0.6) is 17.2 Å². The van der Waals surface area contributed by atoms with Crippen molar-refractivity contribution in [3.8, 4) is 17.2 Å². The number of phenolic OH excluding ortho intramolecular Hbond substituents is 1. The zero-order valence-corrected chi connectivity index (χ0v) is 14.0. The largest absolute Gasteiger partial charge is 0.507 e. The third kappa shape index (κ3) is 3.07. The molecule has 0 bridgehead atoms. The van der Waals surface area contributed by atoms with Crippen LogP contribution in [0.3, 0.4) is 0 Å². The number of nitrogens with one attached hydrogen (secondary N) is 1. The summed E-state index contributed by atoms with van der Waals surface area (Å²) < 4.78 is 49.3. The van der Waals surface area contributed by atoms with Crippen LogP contribution >= 0.6 is 0 Å². The van der Waals surface area contributed by atoms with Crippen molar-refractivity contribution in [1.29, 1.82) is 0 Å². The van der Waals surface area contributed by atoms with Crippen LogP contribution < -0.4 is 14.4 Å². The maximum atomic E-state index is 12.9. The number of fused-ring (bicyclic) bond motifs is 1. The number of alkyl halides is 3. The maximum absolute atomic E-state index is 12.9. The van der Waals surface area contributed by atoms with Crippen molar-refractivity contribution in [3.05, 3.63) is 53.1 Å². The number of phenols is 1. The molecule has 0 spiro atoms. The van der Waals surface area contributed by atoms with Gasteiger partial charge in [-0.3, -0.25) is 0 Å². The minimum atomic E-state index is -4.37. The first-order valence-electron chi connectivity index (χ1n) is 8.58. The molecule has 2 aliphatic heterocycles. The van der Waals surface area contributed by atoms with Crippen molar-refractivity contribution in [3.63, 3.8) is 0 Å². The number of quaternary nitrogens is 1. The Morgan fingerprint density at radius 2 is 1.58 bits per heavy atom. The molecule has 0 aromatic heterocycles. The second-order valence-corrected chi connectivity index (χ2v) is 6.68. The Hall–Kier alpha value is -2.41. The summed E-state index contributed by atoms with van der Waals surface area (Å²) in [5, 5.41) is 10.5. The van der Waals surface area contributed by atoms with Crippen LogP contribution in [0.1, 0.15) is 35.6 Å². The van der Waals surface area contributed by atoms with Gasteiger partial charge < -0.3 is 19.5 Å². The van der Waals surface area contributed by atoms with Crippen molar-refractivity contribution >= 4 is 0 Å². The first kappa shape index (κ1) is 17.0. The molecule has 2 aromatic carbocycles. The summed E-state index contributed by atoms with van der Waals surface area (Å²) in [6, 6.07) is 8.21. The Bertz CT molecular complexity index is 799. The monoisotopic (exact) mass is 366 g/mol. The molecule has 26 heavy (non-hydrogen) atoms. The highest BCUT2D eigenvalue weighted by Crippen LogP contribution is 2.41. The van der Waals surface area contributed by atoms with Gasteiger partial charge in [-0.2, -0.15) is 13.2 Å². The number of benzene rings is 2. The molecule has 0 aliphatic carbocycles. The van der Waals surface area contributed by atoms with Gasteiger partial charge in [0, 0.05) is 24.5 Å². The van der Waals surface area contributed by atoms with Gasteiger partial charge in [-0.15, -0.1) is 0 Å². The molecule has 7 heteroatoms. The van der Waals surface area contributed by atoms with E-state index in [1.165, 1.54) is 23.1 Å². The van der Waals surface area contributed by atoms with Gasteiger partial charge in [-0.25, -0.2) is 0 Å². The van der Waals surface area contributed by atoms with Crippen LogP contribution in [-0.4, -0.2) is 25.0 Å². The predicted octanol–water partition coefficient (Wildman–Crippen LogP) is 2.91. The highest BCUT2D eigenvalue weighted by molar-refractivity contribution is 5.53. The molecule has 138 valence electrons. The summed E-state index contributed by atoms with van der Waals surface area (Å²) in [6.45, 7) is 1.90. The Balaban J connectivity index is 1.76. The van der Waals surface area contributed by atoms with E-state index >= 15 is 0 Å². The van der Waals surface area contributed by atoms with Crippen LogP contribution in [0.4, 0.5) is 13.2 Å². The molecule has 4 nitrogen and oxygen atoms in total. The molecule has 0 radical (unpaired) electrons. The van der Waals surface area contributed by atoms with Crippen LogP contribution in [-0.2, 0) is 6.18 Å². The normalized spacial score (nSPS) is 18.3. The summed E-state index contributed by atoms with van der Waals surface area (Å²) in [6.07, 6.45) is -2.26. The standard InChI is InChI=1S/C19H18F3NO3/c20-19(21,22)13-5-3-12(4-6-13)18(23-7-1-2-8-23)14-9-16-17(10-15(14)24)26-11-25-16/h3-6,9-10,18,24H,1-2,7-8,11H2/p+1/t18-/m0/s1. The lowest BCUT2D eigenvalue weighted by Gasteiger charge is -2.26. The molecule has 2 aromatic rings. The Kier molecular flexibility index (Phi) is 4.19. The fraction of sp³-hybridized carbons (Fsp3) is 0.368. The van der Waals surface area contributed by atoms with Crippen molar-refractivity contribution in [2.24, 2.45) is 0 Å². The summed E-state index contributed by atoms with van der Waals surface area (Å²) >= 11 is 0. The smallest absolute Gasteiger partial charge is 0.416 e. The summed E-state index contributed by atoms with van der Waals surface area (Å²) in [7, 11) is 0. The minimum Gasteiger partial charge on any atom is -0.507 e. The van der Waals surface area contributed by atoms with Crippen molar-refractivity contribution < 1.29 is 32.7 Å². The number of rotatable bonds is 3. The average Bonchev–Trinajstić information content (AvgIpc) is 3.27. The zero-order chi connectivity index (χ0) is 18.3. The molecule has 0 unspecified atom stereocenters. The van der Waals surface area contributed by atoms with Gasteiger partial charge >= 0.3 is 6.18 Å². The second kappa shape index (κ2) is 6.39. The third-order valence-corrected chi connectivity index (χ3v) is 5.06. The molecule has 2 N–H and O–H groups in total. The van der Waals surface area contributed by atoms with Crippen LogP contribution in [0, 0.1) is 0 Å². The first-order chi connectivity index (χ1) is 12.4. The van der Waals surface area contributed by atoms with Gasteiger partial charge in [-0.1, -0.05) is 12.1 Å². The fourth-order valence-corrected chi connectivity index (χ4v) is 3.80. The lowest BCUT2D eigenvalue weighted by Crippen LogP contribution is -3.10. The highest BCUT2D eigenvalue weighted by atomic mass is 19.4. The lowest BCUT2D eigenvalue weighted by atomic mass is 9.95. The van der Waals surface area contributed by atoms with E-state index in [1.807, 2.05) is 0 Å². The highest BCUT2D eigenvalue weighted by Gasteiger charge is 2.34. The van der Waals surface area contributed by atoms with Gasteiger partial charge in [0.05, 0.1) is 24.2 Å². The minimum absolute atomic E-state index is 0.0681. The molecule has 2 heterocycles. The van der Waals surface area contributed by atoms with Gasteiger partial charge in [-0.05, 0) is 18.2 Å². The molecule has 1 atom stereocenters.